The molecule has 0 radical (unpaired) electrons. The third kappa shape index (κ3) is 3.21. The summed E-state index contributed by atoms with van der Waals surface area (Å²) in [6, 6.07) is 0.385. The molecule has 0 spiro atoms. The molecule has 2 fully saturated rings. The van der Waals surface area contributed by atoms with Crippen molar-refractivity contribution in [3.8, 4) is 0 Å². The summed E-state index contributed by atoms with van der Waals surface area (Å²) < 4.78 is 23.1. The van der Waals surface area contributed by atoms with Gasteiger partial charge in [-0.25, -0.2) is 4.99 Å². The Bertz CT molecular complexity index is 350. The first-order chi connectivity index (χ1) is 8.58. The highest BCUT2D eigenvalue weighted by atomic mass is 32.2. The molecule has 0 bridgehead atoms. The fourth-order valence-electron chi connectivity index (χ4n) is 3.44. The molecule has 2 aliphatic rings. The molecule has 0 heterocycles. The lowest BCUT2D eigenvalue weighted by Gasteiger charge is -2.43. The van der Waals surface area contributed by atoms with Crippen molar-refractivity contribution in [2.45, 2.75) is 50.6 Å². The van der Waals surface area contributed by atoms with Gasteiger partial charge in [0.1, 0.15) is 0 Å². The molecule has 0 saturated heterocycles. The second kappa shape index (κ2) is 5.99. The van der Waals surface area contributed by atoms with Gasteiger partial charge in [-0.3, -0.25) is 8.93 Å². The van der Waals surface area contributed by atoms with Gasteiger partial charge in [0, 0.05) is 17.3 Å². The third-order valence-electron chi connectivity index (χ3n) is 4.21. The van der Waals surface area contributed by atoms with Crippen molar-refractivity contribution in [3.63, 3.8) is 0 Å². The molecule has 18 heavy (non-hydrogen) atoms. The van der Waals surface area contributed by atoms with Gasteiger partial charge in [-0.15, -0.1) is 0 Å². The largest absolute Gasteiger partial charge is 0.755 e. The summed E-state index contributed by atoms with van der Waals surface area (Å²) in [5.41, 5.74) is 11.7. The Morgan fingerprint density at radius 3 is 2.56 bits per heavy atom. The van der Waals surface area contributed by atoms with Crippen LogP contribution in [-0.2, 0) is 11.3 Å². The molecule has 5 atom stereocenters. The van der Waals surface area contributed by atoms with E-state index in [0.29, 0.717) is 11.8 Å². The second-order valence-corrected chi connectivity index (χ2v) is 5.95. The van der Waals surface area contributed by atoms with Gasteiger partial charge in [-0.1, -0.05) is 12.8 Å². The molecular weight excluding hydrogens is 252 g/mol. The zero-order chi connectivity index (χ0) is 13.1. The minimum Gasteiger partial charge on any atom is -0.755 e. The van der Waals surface area contributed by atoms with E-state index < -0.39 is 11.3 Å². The van der Waals surface area contributed by atoms with Crippen LogP contribution in [0, 0.1) is 11.8 Å². The zero-order valence-electron chi connectivity index (χ0n) is 10.4. The molecule has 0 aromatic rings. The van der Waals surface area contributed by atoms with E-state index in [1.807, 2.05) is 0 Å². The van der Waals surface area contributed by atoms with Crippen molar-refractivity contribution in [1.29, 1.82) is 0 Å². The maximum Gasteiger partial charge on any atom is 0.200 e. The maximum absolute atomic E-state index is 10.5. The molecule has 0 aromatic carbocycles. The van der Waals surface area contributed by atoms with Gasteiger partial charge in [0.05, 0.1) is 6.04 Å². The van der Waals surface area contributed by atoms with Crippen molar-refractivity contribution in [1.82, 2.24) is 4.72 Å². The van der Waals surface area contributed by atoms with E-state index in [2.05, 4.69) is 9.71 Å². The third-order valence-corrected chi connectivity index (χ3v) is 4.58. The molecule has 5 unspecified atom stereocenters. The fourth-order valence-corrected chi connectivity index (χ4v) is 3.66. The molecule has 2 saturated carbocycles. The van der Waals surface area contributed by atoms with E-state index >= 15 is 0 Å². The summed E-state index contributed by atoms with van der Waals surface area (Å²) in [5, 5.41) is 0. The van der Waals surface area contributed by atoms with Crippen LogP contribution in [0.1, 0.15) is 38.5 Å². The average Bonchev–Trinajstić information content (AvgIpc) is 2.32. The van der Waals surface area contributed by atoms with Crippen molar-refractivity contribution in [2.24, 2.45) is 28.3 Å². The number of rotatable bonds is 2. The molecule has 104 valence electrons. The van der Waals surface area contributed by atoms with Crippen LogP contribution in [-0.4, -0.2) is 26.8 Å². The number of hydrogen-bond acceptors (Lipinski definition) is 4. The lowest BCUT2D eigenvalue weighted by atomic mass is 9.66. The summed E-state index contributed by atoms with van der Waals surface area (Å²) in [4.78, 5) is 4.33. The SMILES string of the molecule is NC(=NC1CCC(N)C2CCCCC12)NS(=O)[O-]. The summed E-state index contributed by atoms with van der Waals surface area (Å²) in [5.74, 6) is 0.975. The number of fused-ring (bicyclic) bond motifs is 1. The highest BCUT2D eigenvalue weighted by Gasteiger charge is 2.39. The van der Waals surface area contributed by atoms with Crippen LogP contribution in [0.3, 0.4) is 0 Å². The Morgan fingerprint density at radius 1 is 1.22 bits per heavy atom. The van der Waals surface area contributed by atoms with Gasteiger partial charge in [0.2, 0.25) is 0 Å². The lowest BCUT2D eigenvalue weighted by molar-refractivity contribution is 0.125. The minimum atomic E-state index is -2.40. The average molecular weight is 273 g/mol. The Labute approximate surface area is 110 Å². The van der Waals surface area contributed by atoms with Crippen LogP contribution in [0.2, 0.25) is 0 Å². The van der Waals surface area contributed by atoms with Crippen molar-refractivity contribution >= 4 is 17.2 Å². The number of nitrogens with two attached hydrogens (primary N) is 2. The normalized spacial score (nSPS) is 38.9. The number of nitrogens with zero attached hydrogens (tertiary/aromatic N) is 1. The highest BCUT2D eigenvalue weighted by molar-refractivity contribution is 7.77. The summed E-state index contributed by atoms with van der Waals surface area (Å²) in [6.07, 6.45) is 6.59. The van der Waals surface area contributed by atoms with Gasteiger partial charge >= 0.3 is 0 Å². The molecule has 0 aromatic heterocycles. The van der Waals surface area contributed by atoms with E-state index in [4.69, 9.17) is 11.5 Å². The monoisotopic (exact) mass is 273 g/mol. The van der Waals surface area contributed by atoms with Crippen molar-refractivity contribution in [2.75, 3.05) is 0 Å². The summed E-state index contributed by atoms with van der Waals surface area (Å²) in [7, 11) is 0. The van der Waals surface area contributed by atoms with Crippen LogP contribution in [0.15, 0.2) is 4.99 Å². The van der Waals surface area contributed by atoms with Crippen LogP contribution < -0.4 is 16.2 Å². The molecule has 2 aliphatic carbocycles. The van der Waals surface area contributed by atoms with Crippen molar-refractivity contribution in [3.05, 3.63) is 0 Å². The second-order valence-electron chi connectivity index (χ2n) is 5.27. The Morgan fingerprint density at radius 2 is 1.89 bits per heavy atom. The maximum atomic E-state index is 10.5. The Kier molecular flexibility index (Phi) is 4.58. The predicted molar refractivity (Wildman–Crippen MR) is 70.1 cm³/mol. The zero-order valence-corrected chi connectivity index (χ0v) is 11.2. The van der Waals surface area contributed by atoms with Crippen LogP contribution >= 0.6 is 0 Å². The van der Waals surface area contributed by atoms with Crippen LogP contribution in [0.4, 0.5) is 0 Å². The number of hydrogen-bond donors (Lipinski definition) is 3. The quantitative estimate of drug-likeness (QED) is 0.372. The molecule has 7 heteroatoms. The van der Waals surface area contributed by atoms with Gasteiger partial charge in [0.15, 0.2) is 5.96 Å². The van der Waals surface area contributed by atoms with E-state index in [9.17, 15) is 8.76 Å². The van der Waals surface area contributed by atoms with Gasteiger partial charge in [0.25, 0.3) is 0 Å². The Balaban J connectivity index is 2.05. The first-order valence-corrected chi connectivity index (χ1v) is 7.60. The smallest absolute Gasteiger partial charge is 0.200 e. The number of guanidine groups is 1. The molecule has 0 amide bonds. The van der Waals surface area contributed by atoms with E-state index in [-0.39, 0.29) is 18.0 Å². The predicted octanol–water partition coefficient (Wildman–Crippen LogP) is -0.0191. The van der Waals surface area contributed by atoms with Gasteiger partial charge in [-0.05, 0) is 37.5 Å². The van der Waals surface area contributed by atoms with Crippen LogP contribution in [0.5, 0.6) is 0 Å². The molecule has 2 rings (SSSR count). The molecule has 6 nitrogen and oxygen atoms in total. The topological polar surface area (TPSA) is 117 Å². The Hall–Kier alpha value is -0.660. The van der Waals surface area contributed by atoms with E-state index in [1.165, 1.54) is 19.3 Å². The number of nitrogens with one attached hydrogen (secondary N) is 1. The van der Waals surface area contributed by atoms with Gasteiger partial charge < -0.3 is 16.0 Å². The fraction of sp³-hybridized carbons (Fsp3) is 0.909. The van der Waals surface area contributed by atoms with E-state index in [1.54, 1.807) is 0 Å². The number of aliphatic imine (C=N–C) groups is 1. The molecule has 0 aliphatic heterocycles. The minimum absolute atomic E-state index is 0.00636. The molecule has 5 N–H and O–H groups in total. The standard InChI is InChI=1S/C11H22N4O2S/c12-9-5-6-10(14-11(13)15-18(16)17)8-4-2-1-3-7(8)9/h7-10H,1-6,12H2,(H,16,17)(H3,13,14,15)/p-1. The van der Waals surface area contributed by atoms with Crippen LogP contribution in [0.25, 0.3) is 0 Å². The van der Waals surface area contributed by atoms with E-state index in [0.717, 1.165) is 19.3 Å². The highest BCUT2D eigenvalue weighted by Crippen LogP contribution is 2.41. The summed E-state index contributed by atoms with van der Waals surface area (Å²) >= 11 is -2.40. The first-order valence-electron chi connectivity index (χ1n) is 6.52. The van der Waals surface area contributed by atoms with Crippen molar-refractivity contribution < 1.29 is 8.76 Å². The first kappa shape index (κ1) is 13.8. The summed E-state index contributed by atoms with van der Waals surface area (Å²) in [6.45, 7) is 0. The lowest BCUT2D eigenvalue weighted by Crippen LogP contribution is -2.47. The van der Waals surface area contributed by atoms with Gasteiger partial charge in [-0.2, -0.15) is 0 Å². The molecular formula is C11H21N4O2S-.